The fraction of sp³-hybridized carbons (Fsp3) is 0.500. The summed E-state index contributed by atoms with van der Waals surface area (Å²) in [6.07, 6.45) is 5.38. The molecule has 12 heteroatoms. The Kier molecular flexibility index (Phi) is 9.65. The van der Waals surface area contributed by atoms with E-state index < -0.39 is 20.0 Å². The number of hydrogen-bond acceptors (Lipinski definition) is 6. The number of benzene rings is 2. The third-order valence-corrected chi connectivity index (χ3v) is 11.7. The summed E-state index contributed by atoms with van der Waals surface area (Å²) in [6, 6.07) is 11.6. The number of carbonyl (C=O) groups is 2. The van der Waals surface area contributed by atoms with Gasteiger partial charge < -0.3 is 10.6 Å². The van der Waals surface area contributed by atoms with Gasteiger partial charge in [-0.1, -0.05) is 12.8 Å². The van der Waals surface area contributed by atoms with Gasteiger partial charge in [-0.05, 0) is 88.1 Å². The molecule has 2 saturated heterocycles. The molecule has 0 spiro atoms. The van der Waals surface area contributed by atoms with Gasteiger partial charge in [0, 0.05) is 49.4 Å². The van der Waals surface area contributed by atoms with Crippen LogP contribution in [-0.4, -0.2) is 75.5 Å². The fourth-order valence-corrected chi connectivity index (χ4v) is 8.64. The van der Waals surface area contributed by atoms with Gasteiger partial charge in [0.2, 0.25) is 20.0 Å². The molecule has 2 aromatic carbocycles. The van der Waals surface area contributed by atoms with Gasteiger partial charge in [-0.2, -0.15) is 8.61 Å². The first-order valence-electron chi connectivity index (χ1n) is 13.8. The van der Waals surface area contributed by atoms with E-state index in [2.05, 4.69) is 10.6 Å². The Bertz CT molecular complexity index is 1300. The van der Waals surface area contributed by atoms with Crippen molar-refractivity contribution in [1.82, 2.24) is 19.2 Å². The third-order valence-electron chi connectivity index (χ3n) is 7.63. The van der Waals surface area contributed by atoms with E-state index in [1.54, 1.807) is 0 Å². The SMILES string of the molecule is C[C@@H]1CCCCN1S(=O)(=O)c1ccc(C(=O)NCCNC(=O)c2ccc(S(=O)(=O)N3CCCC[C@H]3C)cc2)cc1. The Morgan fingerprint density at radius 3 is 1.32 bits per heavy atom. The second-order valence-corrected chi connectivity index (χ2v) is 14.3. The number of rotatable bonds is 9. The Labute approximate surface area is 237 Å². The van der Waals surface area contributed by atoms with Crippen molar-refractivity contribution < 1.29 is 26.4 Å². The first-order chi connectivity index (χ1) is 19.0. The van der Waals surface area contributed by atoms with Gasteiger partial charge in [-0.3, -0.25) is 9.59 Å². The summed E-state index contributed by atoms with van der Waals surface area (Å²) >= 11 is 0. The molecule has 2 atom stereocenters. The molecule has 2 heterocycles. The summed E-state index contributed by atoms with van der Waals surface area (Å²) in [5.74, 6) is -0.767. The van der Waals surface area contributed by atoms with Crippen molar-refractivity contribution in [3.05, 3.63) is 59.7 Å². The van der Waals surface area contributed by atoms with Gasteiger partial charge in [-0.15, -0.1) is 0 Å². The summed E-state index contributed by atoms with van der Waals surface area (Å²) in [5.41, 5.74) is 0.633. The number of nitrogens with one attached hydrogen (secondary N) is 2. The maximum atomic E-state index is 13.0. The largest absolute Gasteiger partial charge is 0.350 e. The molecule has 0 unspecified atom stereocenters. The zero-order chi connectivity index (χ0) is 28.9. The minimum absolute atomic E-state index is 0.0497. The lowest BCUT2D eigenvalue weighted by atomic mass is 10.1. The minimum atomic E-state index is -3.61. The lowest BCUT2D eigenvalue weighted by molar-refractivity contribution is 0.0927. The molecule has 2 aliphatic heterocycles. The summed E-state index contributed by atoms with van der Waals surface area (Å²) in [7, 11) is -7.22. The number of hydrogen-bond donors (Lipinski definition) is 2. The average molecular weight is 591 g/mol. The van der Waals surface area contributed by atoms with Crippen molar-refractivity contribution in [2.24, 2.45) is 0 Å². The quantitative estimate of drug-likeness (QED) is 0.432. The summed E-state index contributed by atoms with van der Waals surface area (Å²) in [5, 5.41) is 5.41. The molecule has 218 valence electrons. The molecule has 4 rings (SSSR count). The number of nitrogens with zero attached hydrogens (tertiary/aromatic N) is 2. The van der Waals surface area contributed by atoms with Crippen LogP contribution in [0.1, 0.15) is 73.1 Å². The zero-order valence-electron chi connectivity index (χ0n) is 23.0. The van der Waals surface area contributed by atoms with E-state index in [9.17, 15) is 26.4 Å². The monoisotopic (exact) mass is 590 g/mol. The van der Waals surface area contributed by atoms with Crippen LogP contribution >= 0.6 is 0 Å². The molecule has 10 nitrogen and oxygen atoms in total. The van der Waals surface area contributed by atoms with E-state index in [-0.39, 0.29) is 46.8 Å². The first kappa shape index (κ1) is 30.2. The number of amides is 2. The Morgan fingerprint density at radius 2 is 1.00 bits per heavy atom. The van der Waals surface area contributed by atoms with Gasteiger partial charge in [-0.25, -0.2) is 16.8 Å². The second kappa shape index (κ2) is 12.8. The predicted molar refractivity (Wildman–Crippen MR) is 152 cm³/mol. The Morgan fingerprint density at radius 1 is 0.650 bits per heavy atom. The van der Waals surface area contributed by atoms with Gasteiger partial charge in [0.25, 0.3) is 11.8 Å². The minimum Gasteiger partial charge on any atom is -0.350 e. The molecule has 0 aromatic heterocycles. The zero-order valence-corrected chi connectivity index (χ0v) is 24.6. The topological polar surface area (TPSA) is 133 Å². The molecule has 2 amide bonds. The fourth-order valence-electron chi connectivity index (χ4n) is 5.24. The highest BCUT2D eigenvalue weighted by atomic mass is 32.2. The lowest BCUT2D eigenvalue weighted by Crippen LogP contribution is -2.41. The van der Waals surface area contributed by atoms with E-state index in [0.717, 1.165) is 38.5 Å². The normalized spacial score (nSPS) is 21.1. The standard InChI is InChI=1S/C28H38N4O6S2/c1-21-7-3-5-19-31(21)39(35,36)25-13-9-23(10-14-25)27(33)29-17-18-30-28(34)24-11-15-26(16-12-24)40(37,38)32-20-6-4-8-22(32)2/h9-16,21-22H,3-8,17-20H2,1-2H3,(H,29,33)(H,30,34)/t21-,22-/m1/s1. The van der Waals surface area contributed by atoms with E-state index in [1.807, 2.05) is 13.8 Å². The molecule has 2 aromatic rings. The van der Waals surface area contributed by atoms with Crippen LogP contribution in [-0.2, 0) is 20.0 Å². The molecule has 0 radical (unpaired) electrons. The van der Waals surface area contributed by atoms with Crippen molar-refractivity contribution >= 4 is 31.9 Å². The van der Waals surface area contributed by atoms with Crippen LogP contribution in [0.5, 0.6) is 0 Å². The lowest BCUT2D eigenvalue weighted by Gasteiger charge is -2.32. The smallest absolute Gasteiger partial charge is 0.251 e. The van der Waals surface area contributed by atoms with Crippen LogP contribution in [0.2, 0.25) is 0 Å². The van der Waals surface area contributed by atoms with Crippen LogP contribution in [0.25, 0.3) is 0 Å². The van der Waals surface area contributed by atoms with E-state index in [4.69, 9.17) is 0 Å². The van der Waals surface area contributed by atoms with E-state index in [1.165, 1.54) is 57.1 Å². The van der Waals surface area contributed by atoms with Gasteiger partial charge in [0.15, 0.2) is 0 Å². The van der Waals surface area contributed by atoms with Crippen molar-refractivity contribution in [3.63, 3.8) is 0 Å². The molecule has 0 aliphatic carbocycles. The van der Waals surface area contributed by atoms with Gasteiger partial charge >= 0.3 is 0 Å². The predicted octanol–water partition coefficient (Wildman–Crippen LogP) is 2.97. The molecule has 40 heavy (non-hydrogen) atoms. The highest BCUT2D eigenvalue weighted by Crippen LogP contribution is 2.26. The van der Waals surface area contributed by atoms with Gasteiger partial charge in [0.1, 0.15) is 0 Å². The molecule has 0 saturated carbocycles. The van der Waals surface area contributed by atoms with Crippen LogP contribution in [0.4, 0.5) is 0 Å². The van der Waals surface area contributed by atoms with Crippen LogP contribution < -0.4 is 10.6 Å². The number of carbonyl (C=O) groups excluding carboxylic acids is 2. The molecular formula is C28H38N4O6S2. The third kappa shape index (κ3) is 6.73. The average Bonchev–Trinajstić information content (AvgIpc) is 2.95. The number of piperidine rings is 2. The van der Waals surface area contributed by atoms with Crippen molar-refractivity contribution in [2.45, 2.75) is 74.2 Å². The summed E-state index contributed by atoms with van der Waals surface area (Å²) in [6.45, 7) is 5.14. The van der Waals surface area contributed by atoms with Crippen LogP contribution in [0, 0.1) is 0 Å². The van der Waals surface area contributed by atoms with Crippen LogP contribution in [0.3, 0.4) is 0 Å². The summed E-state index contributed by atoms with van der Waals surface area (Å²) < 4.78 is 55.0. The Hall–Kier alpha value is -2.80. The van der Waals surface area contributed by atoms with E-state index in [0.29, 0.717) is 24.2 Å². The highest BCUT2D eigenvalue weighted by Gasteiger charge is 2.32. The van der Waals surface area contributed by atoms with Crippen molar-refractivity contribution in [1.29, 1.82) is 0 Å². The van der Waals surface area contributed by atoms with Gasteiger partial charge in [0.05, 0.1) is 9.79 Å². The number of sulfonamides is 2. The first-order valence-corrected chi connectivity index (χ1v) is 16.7. The second-order valence-electron chi connectivity index (χ2n) is 10.5. The Balaban J connectivity index is 1.26. The van der Waals surface area contributed by atoms with Crippen molar-refractivity contribution in [2.75, 3.05) is 26.2 Å². The molecule has 2 fully saturated rings. The maximum absolute atomic E-state index is 13.0. The summed E-state index contributed by atoms with van der Waals surface area (Å²) in [4.78, 5) is 25.4. The molecule has 0 bridgehead atoms. The van der Waals surface area contributed by atoms with E-state index >= 15 is 0 Å². The van der Waals surface area contributed by atoms with Crippen molar-refractivity contribution in [3.8, 4) is 0 Å². The van der Waals surface area contributed by atoms with Crippen LogP contribution in [0.15, 0.2) is 58.3 Å². The molecular weight excluding hydrogens is 552 g/mol. The molecule has 2 aliphatic rings. The molecule has 2 N–H and O–H groups in total. The maximum Gasteiger partial charge on any atom is 0.251 e. The highest BCUT2D eigenvalue weighted by molar-refractivity contribution is 7.89.